The molecule has 3 heteroatoms. The van der Waals surface area contributed by atoms with E-state index in [4.69, 9.17) is 5.11 Å². The van der Waals surface area contributed by atoms with Crippen LogP contribution in [0.15, 0.2) is 30.3 Å². The van der Waals surface area contributed by atoms with E-state index in [1.807, 2.05) is 31.2 Å². The van der Waals surface area contributed by atoms with Crippen molar-refractivity contribution in [2.24, 2.45) is 0 Å². The molecule has 0 atom stereocenters. The fraction of sp³-hybridized carbons (Fsp3) is 0.357. The standard InChI is InChI=1S/C14H19NO2/c1-12-4-6-13(7-5-12)8-9-14(17)15-10-2-3-11-16/h4-9,16H,2-3,10-11H2,1H3,(H,15,17)/b9-8+. The number of amides is 1. The lowest BCUT2D eigenvalue weighted by Crippen LogP contribution is -2.22. The molecule has 0 fully saturated rings. The Morgan fingerprint density at radius 3 is 2.65 bits per heavy atom. The van der Waals surface area contributed by atoms with Crippen LogP contribution in [0.1, 0.15) is 24.0 Å². The molecule has 0 unspecified atom stereocenters. The van der Waals surface area contributed by atoms with Gasteiger partial charge in [0.1, 0.15) is 0 Å². The lowest BCUT2D eigenvalue weighted by molar-refractivity contribution is -0.116. The largest absolute Gasteiger partial charge is 0.396 e. The Morgan fingerprint density at radius 2 is 2.00 bits per heavy atom. The molecule has 1 aromatic rings. The number of nitrogens with one attached hydrogen (secondary N) is 1. The van der Waals surface area contributed by atoms with Gasteiger partial charge in [0, 0.05) is 19.2 Å². The monoisotopic (exact) mass is 233 g/mol. The van der Waals surface area contributed by atoms with Crippen LogP contribution in [0.5, 0.6) is 0 Å². The summed E-state index contributed by atoms with van der Waals surface area (Å²) >= 11 is 0. The number of rotatable bonds is 6. The maximum absolute atomic E-state index is 11.4. The number of hydrogen-bond acceptors (Lipinski definition) is 2. The molecule has 3 nitrogen and oxygen atoms in total. The number of carbonyl (C=O) groups is 1. The molecule has 17 heavy (non-hydrogen) atoms. The van der Waals surface area contributed by atoms with Crippen molar-refractivity contribution in [1.29, 1.82) is 0 Å². The van der Waals surface area contributed by atoms with Gasteiger partial charge in [-0.3, -0.25) is 4.79 Å². The zero-order valence-corrected chi connectivity index (χ0v) is 10.1. The molecule has 0 aliphatic rings. The molecule has 2 N–H and O–H groups in total. The van der Waals surface area contributed by atoms with Crippen LogP contribution in [0, 0.1) is 6.92 Å². The van der Waals surface area contributed by atoms with Crippen molar-refractivity contribution in [3.63, 3.8) is 0 Å². The average Bonchev–Trinajstić information content (AvgIpc) is 2.34. The van der Waals surface area contributed by atoms with Crippen LogP contribution in [0.2, 0.25) is 0 Å². The van der Waals surface area contributed by atoms with E-state index < -0.39 is 0 Å². The number of aliphatic hydroxyl groups excluding tert-OH is 1. The third-order valence-corrected chi connectivity index (χ3v) is 2.39. The maximum Gasteiger partial charge on any atom is 0.243 e. The third-order valence-electron chi connectivity index (χ3n) is 2.39. The van der Waals surface area contributed by atoms with Gasteiger partial charge in [-0.15, -0.1) is 0 Å². The molecule has 0 spiro atoms. The minimum atomic E-state index is -0.0940. The van der Waals surface area contributed by atoms with Crippen LogP contribution in [0.3, 0.4) is 0 Å². The summed E-state index contributed by atoms with van der Waals surface area (Å²) in [5.74, 6) is -0.0940. The number of aryl methyl sites for hydroxylation is 1. The normalized spacial score (nSPS) is 10.7. The highest BCUT2D eigenvalue weighted by Gasteiger charge is 1.94. The van der Waals surface area contributed by atoms with Crippen LogP contribution < -0.4 is 5.32 Å². The molecule has 1 rings (SSSR count). The summed E-state index contributed by atoms with van der Waals surface area (Å²) in [6, 6.07) is 7.98. The van der Waals surface area contributed by atoms with Crippen LogP contribution >= 0.6 is 0 Å². The Labute approximate surface area is 102 Å². The topological polar surface area (TPSA) is 49.3 Å². The van der Waals surface area contributed by atoms with E-state index >= 15 is 0 Å². The van der Waals surface area contributed by atoms with Crippen molar-refractivity contribution in [2.75, 3.05) is 13.2 Å². The second kappa shape index (κ2) is 7.63. The fourth-order valence-electron chi connectivity index (χ4n) is 1.36. The molecule has 1 amide bonds. The summed E-state index contributed by atoms with van der Waals surface area (Å²) in [5.41, 5.74) is 2.22. The highest BCUT2D eigenvalue weighted by atomic mass is 16.2. The molecule has 0 saturated carbocycles. The number of aliphatic hydroxyl groups is 1. The highest BCUT2D eigenvalue weighted by Crippen LogP contribution is 2.04. The van der Waals surface area contributed by atoms with Gasteiger partial charge in [0.25, 0.3) is 0 Å². The third kappa shape index (κ3) is 5.88. The van der Waals surface area contributed by atoms with Gasteiger partial charge < -0.3 is 10.4 Å². The van der Waals surface area contributed by atoms with Gasteiger partial charge in [0.15, 0.2) is 0 Å². The Bertz CT molecular complexity index is 368. The van der Waals surface area contributed by atoms with E-state index in [0.717, 1.165) is 18.4 Å². The van der Waals surface area contributed by atoms with E-state index in [1.54, 1.807) is 6.08 Å². The maximum atomic E-state index is 11.4. The molecule has 0 aromatic heterocycles. The van der Waals surface area contributed by atoms with Crippen LogP contribution in [-0.2, 0) is 4.79 Å². The first-order chi connectivity index (χ1) is 8.22. The van der Waals surface area contributed by atoms with Gasteiger partial charge in [-0.1, -0.05) is 29.8 Å². The van der Waals surface area contributed by atoms with E-state index in [-0.39, 0.29) is 12.5 Å². The average molecular weight is 233 g/mol. The summed E-state index contributed by atoms with van der Waals surface area (Å²) in [6.07, 6.45) is 4.85. The molecule has 1 aromatic carbocycles. The molecule has 92 valence electrons. The molecule has 0 aliphatic heterocycles. The van der Waals surface area contributed by atoms with E-state index in [2.05, 4.69) is 5.32 Å². The summed E-state index contributed by atoms with van der Waals surface area (Å²) < 4.78 is 0. The smallest absolute Gasteiger partial charge is 0.243 e. The lowest BCUT2D eigenvalue weighted by Gasteiger charge is -2.00. The summed E-state index contributed by atoms with van der Waals surface area (Å²) in [7, 11) is 0. The second-order valence-electron chi connectivity index (χ2n) is 3.97. The molecule has 0 radical (unpaired) electrons. The summed E-state index contributed by atoms with van der Waals surface area (Å²) in [4.78, 5) is 11.4. The highest BCUT2D eigenvalue weighted by molar-refractivity contribution is 5.91. The minimum absolute atomic E-state index is 0.0940. The van der Waals surface area contributed by atoms with Crippen LogP contribution in [0.25, 0.3) is 6.08 Å². The molecular formula is C14H19NO2. The molecule has 0 heterocycles. The molecule has 0 aliphatic carbocycles. The zero-order valence-electron chi connectivity index (χ0n) is 10.1. The second-order valence-corrected chi connectivity index (χ2v) is 3.97. The van der Waals surface area contributed by atoms with Crippen molar-refractivity contribution in [3.8, 4) is 0 Å². The van der Waals surface area contributed by atoms with Gasteiger partial charge in [0.05, 0.1) is 0 Å². The van der Waals surface area contributed by atoms with Crippen molar-refractivity contribution in [1.82, 2.24) is 5.32 Å². The fourth-order valence-corrected chi connectivity index (χ4v) is 1.36. The number of hydrogen-bond donors (Lipinski definition) is 2. The number of benzene rings is 1. The quantitative estimate of drug-likeness (QED) is 0.582. The Balaban J connectivity index is 2.32. The SMILES string of the molecule is Cc1ccc(/C=C/C(=O)NCCCCO)cc1. The van der Waals surface area contributed by atoms with Crippen molar-refractivity contribution in [3.05, 3.63) is 41.5 Å². The van der Waals surface area contributed by atoms with Crippen LogP contribution in [-0.4, -0.2) is 24.2 Å². The minimum Gasteiger partial charge on any atom is -0.396 e. The Hall–Kier alpha value is -1.61. The molecule has 0 bridgehead atoms. The molecule has 0 saturated heterocycles. The first kappa shape index (κ1) is 13.5. The summed E-state index contributed by atoms with van der Waals surface area (Å²) in [5, 5.41) is 11.3. The number of unbranched alkanes of at least 4 members (excludes halogenated alkanes) is 1. The Morgan fingerprint density at radius 1 is 1.29 bits per heavy atom. The lowest BCUT2D eigenvalue weighted by atomic mass is 10.1. The first-order valence-corrected chi connectivity index (χ1v) is 5.86. The van der Waals surface area contributed by atoms with Crippen molar-refractivity contribution in [2.45, 2.75) is 19.8 Å². The van der Waals surface area contributed by atoms with Gasteiger partial charge in [-0.05, 0) is 31.4 Å². The van der Waals surface area contributed by atoms with Gasteiger partial charge in [-0.2, -0.15) is 0 Å². The van der Waals surface area contributed by atoms with Crippen molar-refractivity contribution >= 4 is 12.0 Å². The Kier molecular flexibility index (Phi) is 6.04. The van der Waals surface area contributed by atoms with Crippen molar-refractivity contribution < 1.29 is 9.90 Å². The zero-order chi connectivity index (χ0) is 12.5. The van der Waals surface area contributed by atoms with E-state index in [0.29, 0.717) is 6.54 Å². The van der Waals surface area contributed by atoms with Gasteiger partial charge in [0.2, 0.25) is 5.91 Å². The van der Waals surface area contributed by atoms with Gasteiger partial charge in [-0.25, -0.2) is 0 Å². The predicted molar refractivity (Wildman–Crippen MR) is 69.5 cm³/mol. The first-order valence-electron chi connectivity index (χ1n) is 5.86. The van der Waals surface area contributed by atoms with Crippen LogP contribution in [0.4, 0.5) is 0 Å². The van der Waals surface area contributed by atoms with E-state index in [1.165, 1.54) is 11.6 Å². The molecular weight excluding hydrogens is 214 g/mol. The predicted octanol–water partition coefficient (Wildman–Crippen LogP) is 1.90. The number of carbonyl (C=O) groups excluding carboxylic acids is 1. The van der Waals surface area contributed by atoms with E-state index in [9.17, 15) is 4.79 Å². The summed E-state index contributed by atoms with van der Waals surface area (Å²) in [6.45, 7) is 2.81. The van der Waals surface area contributed by atoms with Gasteiger partial charge >= 0.3 is 0 Å².